The Kier molecular flexibility index (Phi) is 2.99. The van der Waals surface area contributed by atoms with E-state index in [1.807, 2.05) is 18.2 Å². The molecule has 0 saturated carbocycles. The quantitative estimate of drug-likeness (QED) is 0.719. The first-order chi connectivity index (χ1) is 9.28. The van der Waals surface area contributed by atoms with E-state index in [1.165, 1.54) is 6.07 Å². The van der Waals surface area contributed by atoms with Crippen LogP contribution >= 0.6 is 0 Å². The van der Waals surface area contributed by atoms with Crippen molar-refractivity contribution in [2.45, 2.75) is 19.9 Å². The second-order valence-corrected chi connectivity index (χ2v) is 4.43. The van der Waals surface area contributed by atoms with Gasteiger partial charge < -0.3 is 4.57 Å². The van der Waals surface area contributed by atoms with Gasteiger partial charge in [0.2, 0.25) is 0 Å². The average Bonchev–Trinajstić information content (AvgIpc) is 2.75. The molecule has 19 heavy (non-hydrogen) atoms. The number of pyridine rings is 1. The van der Waals surface area contributed by atoms with E-state index in [9.17, 15) is 4.39 Å². The van der Waals surface area contributed by atoms with Crippen molar-refractivity contribution in [3.05, 3.63) is 59.8 Å². The average molecular weight is 255 g/mol. The fourth-order valence-corrected chi connectivity index (χ4v) is 2.30. The van der Waals surface area contributed by atoms with Crippen LogP contribution in [0, 0.1) is 5.82 Å². The molecule has 3 aromatic rings. The summed E-state index contributed by atoms with van der Waals surface area (Å²) in [6.07, 6.45) is 2.38. The first-order valence-electron chi connectivity index (χ1n) is 6.32. The number of hydrogen-bond acceptors (Lipinski definition) is 2. The summed E-state index contributed by atoms with van der Waals surface area (Å²) in [6.45, 7) is 2.86. The summed E-state index contributed by atoms with van der Waals surface area (Å²) in [5, 5.41) is 0. The number of fused-ring (bicyclic) bond motifs is 1. The molecule has 2 aromatic heterocycles. The lowest BCUT2D eigenvalue weighted by molar-refractivity contribution is 0.625. The van der Waals surface area contributed by atoms with Crippen LogP contribution in [0.25, 0.3) is 11.2 Å². The Balaban J connectivity index is 2.05. The Morgan fingerprint density at radius 3 is 2.89 bits per heavy atom. The molecule has 0 saturated heterocycles. The summed E-state index contributed by atoms with van der Waals surface area (Å²) >= 11 is 0. The molecule has 3 nitrogen and oxygen atoms in total. The first kappa shape index (κ1) is 11.8. The highest BCUT2D eigenvalue weighted by Crippen LogP contribution is 2.17. The molecule has 0 unspecified atom stereocenters. The van der Waals surface area contributed by atoms with Crippen molar-refractivity contribution in [2.75, 3.05) is 0 Å². The van der Waals surface area contributed by atoms with Gasteiger partial charge in [-0.3, -0.25) is 0 Å². The molecular formula is C15H14FN3. The lowest BCUT2D eigenvalue weighted by Gasteiger charge is -2.05. The standard InChI is InChI=1S/C15H14FN3/c1-2-19-14(10-11-5-3-6-12(16)9-11)18-13-7-4-8-17-15(13)19/h3-9H,2,10H2,1H3. The normalized spacial score (nSPS) is 11.1. The molecule has 0 radical (unpaired) electrons. The predicted molar refractivity (Wildman–Crippen MR) is 72.4 cm³/mol. The van der Waals surface area contributed by atoms with Crippen LogP contribution in [0.5, 0.6) is 0 Å². The summed E-state index contributed by atoms with van der Waals surface area (Å²) in [5.41, 5.74) is 2.69. The molecule has 0 spiro atoms. The number of aromatic nitrogens is 3. The minimum atomic E-state index is -0.213. The summed E-state index contributed by atoms with van der Waals surface area (Å²) < 4.78 is 15.3. The van der Waals surface area contributed by atoms with E-state index < -0.39 is 0 Å². The number of imidazole rings is 1. The van der Waals surface area contributed by atoms with Crippen LogP contribution in [0.4, 0.5) is 4.39 Å². The van der Waals surface area contributed by atoms with E-state index in [2.05, 4.69) is 21.5 Å². The van der Waals surface area contributed by atoms with Gasteiger partial charge in [0.15, 0.2) is 5.65 Å². The van der Waals surface area contributed by atoms with E-state index in [0.29, 0.717) is 6.42 Å². The van der Waals surface area contributed by atoms with Gasteiger partial charge in [-0.1, -0.05) is 12.1 Å². The van der Waals surface area contributed by atoms with Crippen molar-refractivity contribution in [3.63, 3.8) is 0 Å². The number of hydrogen-bond donors (Lipinski definition) is 0. The van der Waals surface area contributed by atoms with E-state index in [0.717, 1.165) is 29.1 Å². The van der Waals surface area contributed by atoms with Gasteiger partial charge in [-0.15, -0.1) is 0 Å². The number of aryl methyl sites for hydroxylation is 1. The van der Waals surface area contributed by atoms with Gasteiger partial charge in [0, 0.05) is 19.2 Å². The maximum atomic E-state index is 13.2. The summed E-state index contributed by atoms with van der Waals surface area (Å²) in [4.78, 5) is 8.94. The van der Waals surface area contributed by atoms with Crippen LogP contribution in [-0.4, -0.2) is 14.5 Å². The SMILES string of the molecule is CCn1c(Cc2cccc(F)c2)nc2cccnc21. The van der Waals surface area contributed by atoms with E-state index >= 15 is 0 Å². The van der Waals surface area contributed by atoms with Crippen LogP contribution in [0.2, 0.25) is 0 Å². The zero-order valence-electron chi connectivity index (χ0n) is 10.7. The lowest BCUT2D eigenvalue weighted by atomic mass is 10.1. The van der Waals surface area contributed by atoms with E-state index in [-0.39, 0.29) is 5.82 Å². The highest BCUT2D eigenvalue weighted by Gasteiger charge is 2.10. The zero-order chi connectivity index (χ0) is 13.2. The van der Waals surface area contributed by atoms with Crippen molar-refractivity contribution >= 4 is 11.2 Å². The van der Waals surface area contributed by atoms with Crippen molar-refractivity contribution in [3.8, 4) is 0 Å². The molecule has 2 heterocycles. The molecule has 0 aliphatic heterocycles. The van der Waals surface area contributed by atoms with Gasteiger partial charge >= 0.3 is 0 Å². The van der Waals surface area contributed by atoms with Gasteiger partial charge in [0.05, 0.1) is 0 Å². The largest absolute Gasteiger partial charge is 0.313 e. The molecule has 0 bridgehead atoms. The molecule has 0 atom stereocenters. The second-order valence-electron chi connectivity index (χ2n) is 4.43. The second kappa shape index (κ2) is 4.80. The van der Waals surface area contributed by atoms with E-state index in [4.69, 9.17) is 0 Å². The molecule has 0 aliphatic rings. The topological polar surface area (TPSA) is 30.7 Å². The number of rotatable bonds is 3. The third kappa shape index (κ3) is 2.21. The number of halogens is 1. The summed E-state index contributed by atoms with van der Waals surface area (Å²) in [7, 11) is 0. The molecule has 4 heteroatoms. The Hall–Kier alpha value is -2.23. The Morgan fingerprint density at radius 2 is 2.11 bits per heavy atom. The van der Waals surface area contributed by atoms with Gasteiger partial charge in [-0.2, -0.15) is 0 Å². The Labute approximate surface area is 110 Å². The first-order valence-corrected chi connectivity index (χ1v) is 6.32. The molecule has 0 amide bonds. The number of nitrogens with zero attached hydrogens (tertiary/aromatic N) is 3. The van der Waals surface area contributed by atoms with Crippen molar-refractivity contribution < 1.29 is 4.39 Å². The van der Waals surface area contributed by atoms with Crippen molar-refractivity contribution in [1.82, 2.24) is 14.5 Å². The van der Waals surface area contributed by atoms with E-state index in [1.54, 1.807) is 18.3 Å². The highest BCUT2D eigenvalue weighted by atomic mass is 19.1. The third-order valence-electron chi connectivity index (χ3n) is 3.15. The Morgan fingerprint density at radius 1 is 1.21 bits per heavy atom. The molecule has 0 N–H and O–H groups in total. The van der Waals surface area contributed by atoms with Gasteiger partial charge in [-0.05, 0) is 36.8 Å². The van der Waals surface area contributed by atoms with Crippen LogP contribution in [0.1, 0.15) is 18.3 Å². The van der Waals surface area contributed by atoms with Gasteiger partial charge in [0.25, 0.3) is 0 Å². The fraction of sp³-hybridized carbons (Fsp3) is 0.200. The smallest absolute Gasteiger partial charge is 0.159 e. The molecule has 0 aliphatic carbocycles. The van der Waals surface area contributed by atoms with Crippen LogP contribution in [0.15, 0.2) is 42.6 Å². The molecule has 3 rings (SSSR count). The minimum Gasteiger partial charge on any atom is -0.313 e. The van der Waals surface area contributed by atoms with Crippen LogP contribution in [0.3, 0.4) is 0 Å². The van der Waals surface area contributed by atoms with Gasteiger partial charge in [-0.25, -0.2) is 14.4 Å². The van der Waals surface area contributed by atoms with Crippen molar-refractivity contribution in [2.24, 2.45) is 0 Å². The molecule has 96 valence electrons. The summed E-state index contributed by atoms with van der Waals surface area (Å²) in [6, 6.07) is 10.5. The van der Waals surface area contributed by atoms with Crippen molar-refractivity contribution in [1.29, 1.82) is 0 Å². The maximum Gasteiger partial charge on any atom is 0.159 e. The van der Waals surface area contributed by atoms with Crippen LogP contribution < -0.4 is 0 Å². The zero-order valence-corrected chi connectivity index (χ0v) is 10.7. The fourth-order valence-electron chi connectivity index (χ4n) is 2.30. The predicted octanol–water partition coefficient (Wildman–Crippen LogP) is 3.18. The lowest BCUT2D eigenvalue weighted by Crippen LogP contribution is -2.03. The Bertz CT molecular complexity index is 718. The molecule has 0 fully saturated rings. The maximum absolute atomic E-state index is 13.2. The molecular weight excluding hydrogens is 241 g/mol. The molecule has 1 aromatic carbocycles. The third-order valence-corrected chi connectivity index (χ3v) is 3.15. The van der Waals surface area contributed by atoms with Crippen LogP contribution in [-0.2, 0) is 13.0 Å². The minimum absolute atomic E-state index is 0.213. The van der Waals surface area contributed by atoms with Gasteiger partial charge in [0.1, 0.15) is 17.2 Å². The highest BCUT2D eigenvalue weighted by molar-refractivity contribution is 5.71. The monoisotopic (exact) mass is 255 g/mol. The number of benzene rings is 1. The summed E-state index contributed by atoms with van der Waals surface area (Å²) in [5.74, 6) is 0.705.